The number of hydrogen-bond acceptors (Lipinski definition) is 7. The first kappa shape index (κ1) is 17.7. The van der Waals surface area contributed by atoms with Crippen LogP contribution in [-0.4, -0.2) is 28.1 Å². The fraction of sp³-hybridized carbons (Fsp3) is 0.176. The summed E-state index contributed by atoms with van der Waals surface area (Å²) in [6, 6.07) is 5.10. The molecular weight excluding hydrogens is 358 g/mol. The topological polar surface area (TPSA) is 102 Å². The lowest BCUT2D eigenvalue weighted by Crippen LogP contribution is -2.14. The number of benzene rings is 1. The number of aromatic nitrogens is 3. The first-order chi connectivity index (χ1) is 12.5. The molecule has 1 amide bonds. The van der Waals surface area contributed by atoms with E-state index in [2.05, 4.69) is 25.8 Å². The minimum Gasteiger partial charge on any atom is -0.495 e. The molecule has 0 aliphatic carbocycles. The first-order valence-electron chi connectivity index (χ1n) is 7.64. The average molecular weight is 374 g/mol. The molecule has 0 saturated carbocycles. The highest BCUT2D eigenvalue weighted by Crippen LogP contribution is 2.31. The van der Waals surface area contributed by atoms with Gasteiger partial charge in [0.15, 0.2) is 5.82 Å². The molecule has 3 rings (SSSR count). The molecule has 0 unspecified atom stereocenters. The number of carbonyl (C=O) groups is 1. The van der Waals surface area contributed by atoms with E-state index in [9.17, 15) is 4.79 Å². The molecular formula is C17H16ClN5O3. The second kappa shape index (κ2) is 7.40. The van der Waals surface area contributed by atoms with Crippen LogP contribution in [0.3, 0.4) is 0 Å². The van der Waals surface area contributed by atoms with E-state index in [-0.39, 0.29) is 5.91 Å². The van der Waals surface area contributed by atoms with Crippen molar-refractivity contribution in [3.8, 4) is 5.75 Å². The molecule has 0 radical (unpaired) electrons. The summed E-state index contributed by atoms with van der Waals surface area (Å²) in [4.78, 5) is 20.6. The molecule has 2 aromatic heterocycles. The number of ether oxygens (including phenoxy) is 1. The van der Waals surface area contributed by atoms with E-state index in [0.29, 0.717) is 39.5 Å². The van der Waals surface area contributed by atoms with E-state index in [0.717, 1.165) is 5.56 Å². The van der Waals surface area contributed by atoms with Crippen molar-refractivity contribution in [2.75, 3.05) is 17.7 Å². The van der Waals surface area contributed by atoms with Crippen molar-refractivity contribution in [3.63, 3.8) is 0 Å². The standard InChI is InChI=1S/C17H16ClN5O3/c1-9-4-13(14(25-3)6-12(9)18)21-16(24)11-7-19-17(20-8-11)22-15-5-10(2)26-23-15/h4-8H,1-3H3,(H,21,24)(H,19,20,22,23). The van der Waals surface area contributed by atoms with E-state index in [1.807, 2.05) is 6.92 Å². The third kappa shape index (κ3) is 3.92. The molecule has 134 valence electrons. The lowest BCUT2D eigenvalue weighted by atomic mass is 10.2. The van der Waals surface area contributed by atoms with Gasteiger partial charge in [-0.2, -0.15) is 0 Å². The maximum absolute atomic E-state index is 12.4. The minimum absolute atomic E-state index is 0.293. The van der Waals surface area contributed by atoms with Crippen molar-refractivity contribution < 1.29 is 14.1 Å². The molecule has 0 saturated heterocycles. The van der Waals surface area contributed by atoms with Gasteiger partial charge in [-0.25, -0.2) is 9.97 Å². The molecule has 0 atom stereocenters. The number of amides is 1. The van der Waals surface area contributed by atoms with Crippen LogP contribution in [0.1, 0.15) is 21.7 Å². The van der Waals surface area contributed by atoms with Crippen LogP contribution in [0, 0.1) is 13.8 Å². The van der Waals surface area contributed by atoms with Gasteiger partial charge in [0.25, 0.3) is 5.91 Å². The summed E-state index contributed by atoms with van der Waals surface area (Å²) in [6.07, 6.45) is 2.82. The Morgan fingerprint density at radius 1 is 1.19 bits per heavy atom. The number of anilines is 3. The zero-order chi connectivity index (χ0) is 18.7. The third-order valence-electron chi connectivity index (χ3n) is 3.51. The van der Waals surface area contributed by atoms with Crippen molar-refractivity contribution in [1.29, 1.82) is 0 Å². The van der Waals surface area contributed by atoms with E-state index in [1.54, 1.807) is 25.1 Å². The summed E-state index contributed by atoms with van der Waals surface area (Å²) in [5, 5.41) is 9.99. The molecule has 0 bridgehead atoms. The number of rotatable bonds is 5. The van der Waals surface area contributed by atoms with Gasteiger partial charge < -0.3 is 19.9 Å². The maximum atomic E-state index is 12.4. The molecule has 2 heterocycles. The van der Waals surface area contributed by atoms with Gasteiger partial charge >= 0.3 is 0 Å². The quantitative estimate of drug-likeness (QED) is 0.702. The Bertz CT molecular complexity index is 940. The van der Waals surface area contributed by atoms with E-state index in [1.165, 1.54) is 19.5 Å². The maximum Gasteiger partial charge on any atom is 0.258 e. The lowest BCUT2D eigenvalue weighted by Gasteiger charge is -2.12. The van der Waals surface area contributed by atoms with Crippen LogP contribution in [0.5, 0.6) is 5.75 Å². The first-order valence-corrected chi connectivity index (χ1v) is 8.02. The number of nitrogens with zero attached hydrogens (tertiary/aromatic N) is 3. The average Bonchev–Trinajstić information content (AvgIpc) is 3.03. The Balaban J connectivity index is 1.73. The molecule has 0 fully saturated rings. The highest BCUT2D eigenvalue weighted by atomic mass is 35.5. The van der Waals surface area contributed by atoms with E-state index < -0.39 is 0 Å². The summed E-state index contributed by atoms with van der Waals surface area (Å²) >= 11 is 6.07. The third-order valence-corrected chi connectivity index (χ3v) is 3.92. The zero-order valence-electron chi connectivity index (χ0n) is 14.3. The number of halogens is 1. The van der Waals surface area contributed by atoms with Crippen LogP contribution in [0.25, 0.3) is 0 Å². The Hall–Kier alpha value is -3.13. The molecule has 0 aliphatic heterocycles. The van der Waals surface area contributed by atoms with Gasteiger partial charge in [-0.3, -0.25) is 4.79 Å². The number of nitrogens with one attached hydrogen (secondary N) is 2. The van der Waals surface area contributed by atoms with Crippen LogP contribution < -0.4 is 15.4 Å². The molecule has 9 heteroatoms. The Morgan fingerprint density at radius 2 is 1.92 bits per heavy atom. The van der Waals surface area contributed by atoms with Crippen molar-refractivity contribution >= 4 is 35.0 Å². The normalized spacial score (nSPS) is 10.5. The summed E-state index contributed by atoms with van der Waals surface area (Å²) in [5.74, 6) is 1.55. The van der Waals surface area contributed by atoms with Gasteiger partial charge in [-0.1, -0.05) is 16.8 Å². The van der Waals surface area contributed by atoms with Crippen molar-refractivity contribution in [2.24, 2.45) is 0 Å². The Labute approximate surface area is 154 Å². The van der Waals surface area contributed by atoms with Crippen LogP contribution in [0.4, 0.5) is 17.5 Å². The summed E-state index contributed by atoms with van der Waals surface area (Å²) in [5.41, 5.74) is 1.63. The largest absolute Gasteiger partial charge is 0.495 e. The SMILES string of the molecule is COc1cc(Cl)c(C)cc1NC(=O)c1cnc(Nc2cc(C)on2)nc1. The lowest BCUT2D eigenvalue weighted by molar-refractivity contribution is 0.102. The van der Waals surface area contributed by atoms with Crippen LogP contribution >= 0.6 is 11.6 Å². The summed E-state index contributed by atoms with van der Waals surface area (Å²) in [7, 11) is 1.51. The second-order valence-corrected chi connectivity index (χ2v) is 5.91. The number of hydrogen-bond donors (Lipinski definition) is 2. The smallest absolute Gasteiger partial charge is 0.258 e. The van der Waals surface area contributed by atoms with E-state index >= 15 is 0 Å². The number of carbonyl (C=O) groups excluding carboxylic acids is 1. The van der Waals surface area contributed by atoms with Crippen molar-refractivity contribution in [2.45, 2.75) is 13.8 Å². The Kier molecular flexibility index (Phi) is 5.04. The predicted molar refractivity (Wildman–Crippen MR) is 97.2 cm³/mol. The zero-order valence-corrected chi connectivity index (χ0v) is 15.1. The molecule has 0 aliphatic rings. The van der Waals surface area contributed by atoms with E-state index in [4.69, 9.17) is 20.9 Å². The Morgan fingerprint density at radius 3 is 2.54 bits per heavy atom. The van der Waals surface area contributed by atoms with Crippen LogP contribution in [0.2, 0.25) is 5.02 Å². The van der Waals surface area contributed by atoms with Gasteiger partial charge in [-0.15, -0.1) is 0 Å². The van der Waals surface area contributed by atoms with Gasteiger partial charge in [-0.05, 0) is 25.5 Å². The molecule has 3 aromatic rings. The molecule has 0 spiro atoms. The second-order valence-electron chi connectivity index (χ2n) is 5.50. The highest BCUT2D eigenvalue weighted by molar-refractivity contribution is 6.31. The fourth-order valence-corrected chi connectivity index (χ4v) is 2.33. The van der Waals surface area contributed by atoms with Crippen LogP contribution in [0.15, 0.2) is 35.1 Å². The fourth-order valence-electron chi connectivity index (χ4n) is 2.17. The molecule has 2 N–H and O–H groups in total. The van der Waals surface area contributed by atoms with Crippen molar-refractivity contribution in [3.05, 3.63) is 52.5 Å². The predicted octanol–water partition coefficient (Wildman–Crippen LogP) is 3.74. The molecule has 1 aromatic carbocycles. The summed E-state index contributed by atoms with van der Waals surface area (Å²) in [6.45, 7) is 3.62. The van der Waals surface area contributed by atoms with Gasteiger partial charge in [0.2, 0.25) is 5.95 Å². The van der Waals surface area contributed by atoms with Gasteiger partial charge in [0.1, 0.15) is 11.5 Å². The van der Waals surface area contributed by atoms with Crippen molar-refractivity contribution in [1.82, 2.24) is 15.1 Å². The van der Waals surface area contributed by atoms with Gasteiger partial charge in [0.05, 0.1) is 18.4 Å². The molecule has 26 heavy (non-hydrogen) atoms. The minimum atomic E-state index is -0.367. The number of aryl methyl sites for hydroxylation is 2. The summed E-state index contributed by atoms with van der Waals surface area (Å²) < 4.78 is 10.2. The molecule has 8 nitrogen and oxygen atoms in total. The highest BCUT2D eigenvalue weighted by Gasteiger charge is 2.13. The van der Waals surface area contributed by atoms with Crippen LogP contribution in [-0.2, 0) is 0 Å². The van der Waals surface area contributed by atoms with Gasteiger partial charge in [0, 0.05) is 29.5 Å². The number of methoxy groups -OCH3 is 1. The monoisotopic (exact) mass is 373 g/mol.